The summed E-state index contributed by atoms with van der Waals surface area (Å²) in [5, 5.41) is 0. The van der Waals surface area contributed by atoms with Gasteiger partial charge in [-0.2, -0.15) is 0 Å². The summed E-state index contributed by atoms with van der Waals surface area (Å²) < 4.78 is 13.3. The van der Waals surface area contributed by atoms with Crippen molar-refractivity contribution in [3.63, 3.8) is 0 Å². The first-order valence-corrected chi connectivity index (χ1v) is 4.31. The minimum atomic E-state index is -0.307. The van der Waals surface area contributed by atoms with Gasteiger partial charge in [0.25, 0.3) is 0 Å². The fourth-order valence-electron chi connectivity index (χ4n) is 1.29. The van der Waals surface area contributed by atoms with Crippen LogP contribution in [0.3, 0.4) is 0 Å². The maximum atomic E-state index is 13.3. The average molecular weight is 188 g/mol. The van der Waals surface area contributed by atoms with Gasteiger partial charge < -0.3 is 0 Å². The highest BCUT2D eigenvalue weighted by molar-refractivity contribution is 5.59. The third-order valence-corrected chi connectivity index (χ3v) is 1.93. The first-order valence-electron chi connectivity index (χ1n) is 4.31. The molecule has 0 amide bonds. The highest BCUT2D eigenvalue weighted by atomic mass is 19.1. The van der Waals surface area contributed by atoms with E-state index >= 15 is 0 Å². The summed E-state index contributed by atoms with van der Waals surface area (Å²) in [7, 11) is 0. The van der Waals surface area contributed by atoms with Crippen LogP contribution in [0.4, 0.5) is 4.39 Å². The normalized spacial score (nSPS) is 10.1. The third kappa shape index (κ3) is 1.62. The van der Waals surface area contributed by atoms with Crippen molar-refractivity contribution in [2.75, 3.05) is 0 Å². The average Bonchev–Trinajstić information content (AvgIpc) is 2.18. The molecule has 0 fully saturated rings. The Balaban J connectivity index is 2.55. The number of rotatable bonds is 1. The Hall–Kier alpha value is -1.77. The summed E-state index contributed by atoms with van der Waals surface area (Å²) in [6, 6.07) is 6.54. The smallest absolute Gasteiger partial charge is 0.149 e. The molecule has 0 aliphatic rings. The van der Waals surface area contributed by atoms with Gasteiger partial charge in [0.1, 0.15) is 11.5 Å². The molecule has 70 valence electrons. The lowest BCUT2D eigenvalue weighted by Gasteiger charge is -2.01. The number of aromatic nitrogens is 2. The van der Waals surface area contributed by atoms with Gasteiger partial charge in [0.15, 0.2) is 0 Å². The maximum absolute atomic E-state index is 13.3. The zero-order valence-electron chi connectivity index (χ0n) is 7.74. The molecule has 3 heteroatoms. The van der Waals surface area contributed by atoms with E-state index in [4.69, 9.17) is 0 Å². The Morgan fingerprint density at radius 1 is 1.14 bits per heavy atom. The quantitative estimate of drug-likeness (QED) is 0.687. The van der Waals surface area contributed by atoms with Crippen LogP contribution in [0, 0.1) is 12.7 Å². The number of hydrogen-bond acceptors (Lipinski definition) is 2. The van der Waals surface area contributed by atoms with Gasteiger partial charge in [0, 0.05) is 23.7 Å². The summed E-state index contributed by atoms with van der Waals surface area (Å²) >= 11 is 0. The molecular formula is C11H9FN2. The van der Waals surface area contributed by atoms with Gasteiger partial charge in [-0.05, 0) is 31.2 Å². The molecule has 0 spiro atoms. The topological polar surface area (TPSA) is 25.8 Å². The second-order valence-corrected chi connectivity index (χ2v) is 3.02. The Kier molecular flexibility index (Phi) is 2.23. The first kappa shape index (κ1) is 8.81. The molecule has 0 N–H and O–H groups in total. The van der Waals surface area contributed by atoms with Gasteiger partial charge in [-0.15, -0.1) is 0 Å². The van der Waals surface area contributed by atoms with Crippen molar-refractivity contribution >= 4 is 0 Å². The lowest BCUT2D eigenvalue weighted by Crippen LogP contribution is -1.89. The Labute approximate surface area is 81.5 Å². The number of hydrogen-bond donors (Lipinski definition) is 0. The van der Waals surface area contributed by atoms with Crippen LogP contribution in [0.15, 0.2) is 36.7 Å². The molecule has 2 nitrogen and oxygen atoms in total. The van der Waals surface area contributed by atoms with E-state index < -0.39 is 0 Å². The largest absolute Gasteiger partial charge is 0.262 e. The summed E-state index contributed by atoms with van der Waals surface area (Å²) in [6.45, 7) is 1.87. The molecule has 0 aliphatic carbocycles. The van der Waals surface area contributed by atoms with Crippen LogP contribution in [-0.4, -0.2) is 9.97 Å². The van der Waals surface area contributed by atoms with E-state index in [1.54, 1.807) is 24.5 Å². The molecule has 2 aromatic rings. The Morgan fingerprint density at radius 2 is 2.00 bits per heavy atom. The van der Waals surface area contributed by atoms with E-state index in [-0.39, 0.29) is 5.82 Å². The van der Waals surface area contributed by atoms with Crippen LogP contribution in [-0.2, 0) is 0 Å². The predicted molar refractivity (Wildman–Crippen MR) is 52.2 cm³/mol. The van der Waals surface area contributed by atoms with Crippen molar-refractivity contribution in [2.45, 2.75) is 6.92 Å². The molecule has 0 bridgehead atoms. The fourth-order valence-corrected chi connectivity index (χ4v) is 1.29. The SMILES string of the molecule is Cc1cc(-c2ncccc2F)ccn1. The van der Waals surface area contributed by atoms with Crippen molar-refractivity contribution in [1.29, 1.82) is 0 Å². The molecule has 0 aliphatic heterocycles. The minimum absolute atomic E-state index is 0.307. The highest BCUT2D eigenvalue weighted by Crippen LogP contribution is 2.19. The Morgan fingerprint density at radius 3 is 2.71 bits per heavy atom. The standard InChI is InChI=1S/C11H9FN2/c1-8-7-9(4-6-13-8)11-10(12)3-2-5-14-11/h2-7H,1H3. The molecule has 0 aromatic carbocycles. The minimum Gasteiger partial charge on any atom is -0.262 e. The monoisotopic (exact) mass is 188 g/mol. The van der Waals surface area contributed by atoms with Crippen LogP contribution in [0.1, 0.15) is 5.69 Å². The molecule has 2 heterocycles. The number of halogens is 1. The van der Waals surface area contributed by atoms with Crippen LogP contribution in [0.5, 0.6) is 0 Å². The van der Waals surface area contributed by atoms with E-state index in [1.807, 2.05) is 13.0 Å². The molecule has 0 atom stereocenters. The van der Waals surface area contributed by atoms with Gasteiger partial charge >= 0.3 is 0 Å². The lowest BCUT2D eigenvalue weighted by molar-refractivity contribution is 0.625. The number of pyridine rings is 2. The third-order valence-electron chi connectivity index (χ3n) is 1.93. The van der Waals surface area contributed by atoms with Gasteiger partial charge in [0.2, 0.25) is 0 Å². The molecular weight excluding hydrogens is 179 g/mol. The number of aryl methyl sites for hydroxylation is 1. The molecule has 2 rings (SSSR count). The fraction of sp³-hybridized carbons (Fsp3) is 0.0909. The lowest BCUT2D eigenvalue weighted by atomic mass is 10.1. The second kappa shape index (κ2) is 3.54. The molecule has 14 heavy (non-hydrogen) atoms. The van der Waals surface area contributed by atoms with Crippen molar-refractivity contribution < 1.29 is 4.39 Å². The molecule has 0 radical (unpaired) electrons. The van der Waals surface area contributed by atoms with E-state index in [0.717, 1.165) is 11.3 Å². The van der Waals surface area contributed by atoms with Gasteiger partial charge in [0.05, 0.1) is 0 Å². The van der Waals surface area contributed by atoms with Gasteiger partial charge in [-0.25, -0.2) is 4.39 Å². The summed E-state index contributed by atoms with van der Waals surface area (Å²) in [4.78, 5) is 8.03. The van der Waals surface area contributed by atoms with Crippen LogP contribution in [0.2, 0.25) is 0 Å². The van der Waals surface area contributed by atoms with Crippen molar-refractivity contribution in [1.82, 2.24) is 9.97 Å². The van der Waals surface area contributed by atoms with E-state index in [9.17, 15) is 4.39 Å². The summed E-state index contributed by atoms with van der Waals surface area (Å²) in [6.07, 6.45) is 3.23. The van der Waals surface area contributed by atoms with Gasteiger partial charge in [-0.3, -0.25) is 9.97 Å². The predicted octanol–water partition coefficient (Wildman–Crippen LogP) is 2.59. The summed E-state index contributed by atoms with van der Waals surface area (Å²) in [5.41, 5.74) is 1.99. The van der Waals surface area contributed by atoms with Crippen LogP contribution >= 0.6 is 0 Å². The van der Waals surface area contributed by atoms with E-state index in [0.29, 0.717) is 5.69 Å². The zero-order valence-corrected chi connectivity index (χ0v) is 7.74. The van der Waals surface area contributed by atoms with Crippen molar-refractivity contribution in [2.24, 2.45) is 0 Å². The molecule has 0 unspecified atom stereocenters. The number of nitrogens with zero attached hydrogens (tertiary/aromatic N) is 2. The van der Waals surface area contributed by atoms with Crippen molar-refractivity contribution in [3.05, 3.63) is 48.2 Å². The zero-order chi connectivity index (χ0) is 9.97. The Bertz CT molecular complexity index is 455. The van der Waals surface area contributed by atoms with Crippen LogP contribution in [0.25, 0.3) is 11.3 Å². The highest BCUT2D eigenvalue weighted by Gasteiger charge is 2.04. The van der Waals surface area contributed by atoms with Gasteiger partial charge in [-0.1, -0.05) is 0 Å². The van der Waals surface area contributed by atoms with Crippen LogP contribution < -0.4 is 0 Å². The molecule has 0 saturated heterocycles. The van der Waals surface area contributed by atoms with E-state index in [1.165, 1.54) is 6.07 Å². The van der Waals surface area contributed by atoms with E-state index in [2.05, 4.69) is 9.97 Å². The molecule has 2 aromatic heterocycles. The maximum Gasteiger partial charge on any atom is 0.149 e. The molecule has 0 saturated carbocycles. The summed E-state index contributed by atoms with van der Waals surface area (Å²) in [5.74, 6) is -0.307. The second-order valence-electron chi connectivity index (χ2n) is 3.02. The first-order chi connectivity index (χ1) is 6.77. The van der Waals surface area contributed by atoms with Crippen molar-refractivity contribution in [3.8, 4) is 11.3 Å².